The molecule has 1 N–H and O–H groups in total. The lowest BCUT2D eigenvalue weighted by atomic mass is 9.41. The second-order valence-corrected chi connectivity index (χ2v) is 7.61. The molecule has 0 aliphatic heterocycles. The molecule has 4 saturated carbocycles. The van der Waals surface area contributed by atoms with Crippen LogP contribution in [0.2, 0.25) is 0 Å². The van der Waals surface area contributed by atoms with Gasteiger partial charge in [0.2, 0.25) is 5.78 Å². The first-order chi connectivity index (χ1) is 13.6. The molecule has 31 heavy (non-hydrogen) atoms. The number of alkyl halides is 13. The Hall–Kier alpha value is -1.32. The maximum absolute atomic E-state index is 15.3. The van der Waals surface area contributed by atoms with Crippen LogP contribution in [0.4, 0.5) is 57.1 Å². The minimum Gasteiger partial charge on any atom is -0.391 e. The quantitative estimate of drug-likeness (QED) is 0.602. The van der Waals surface area contributed by atoms with Gasteiger partial charge >= 0.3 is 46.6 Å². The molecule has 0 aromatic rings. The third-order valence-corrected chi connectivity index (χ3v) is 6.07. The zero-order chi connectivity index (χ0) is 24.5. The van der Waals surface area contributed by atoms with Crippen molar-refractivity contribution in [3.8, 4) is 0 Å². The van der Waals surface area contributed by atoms with Gasteiger partial charge in [0.1, 0.15) is 0 Å². The molecule has 0 amide bonds. The molecule has 0 saturated heterocycles. The van der Waals surface area contributed by atoms with E-state index in [0.717, 1.165) is 0 Å². The molecular weight excluding hydrogens is 475 g/mol. The van der Waals surface area contributed by atoms with Gasteiger partial charge in [-0.1, -0.05) is 13.3 Å². The third-order valence-electron chi connectivity index (χ3n) is 6.07. The van der Waals surface area contributed by atoms with Gasteiger partial charge in [-0.3, -0.25) is 4.79 Å². The van der Waals surface area contributed by atoms with E-state index < -0.39 is 77.1 Å². The number of aliphatic hydroxyl groups excluding tert-OH is 1. The molecule has 6 atom stereocenters. The van der Waals surface area contributed by atoms with Crippen molar-refractivity contribution in [2.24, 2.45) is 0 Å². The third kappa shape index (κ3) is 1.70. The summed E-state index contributed by atoms with van der Waals surface area (Å²) in [6.45, 7) is -0.710. The molecule has 0 aromatic carbocycles. The van der Waals surface area contributed by atoms with E-state index in [4.69, 9.17) is 0 Å². The Morgan fingerprint density at radius 1 is 0.742 bits per heavy atom. The van der Waals surface area contributed by atoms with Crippen molar-refractivity contribution < 1.29 is 71.7 Å². The van der Waals surface area contributed by atoms with Gasteiger partial charge in [-0.25, -0.2) is 22.0 Å². The predicted molar refractivity (Wildman–Crippen MR) is 70.9 cm³/mol. The summed E-state index contributed by atoms with van der Waals surface area (Å²) in [5.41, 5.74) is -28.4. The van der Waals surface area contributed by atoms with E-state index >= 15 is 13.2 Å². The molecule has 3 nitrogen and oxygen atoms in total. The molecule has 180 valence electrons. The summed E-state index contributed by atoms with van der Waals surface area (Å²) in [4.78, 5) is 11.8. The number of Topliss-reactive ketones (excluding diaryl/α,β-unsaturated/α-hetero) is 1. The highest BCUT2D eigenvalue weighted by molar-refractivity contribution is 6.04. The lowest BCUT2D eigenvalue weighted by molar-refractivity contribution is -0.556. The van der Waals surface area contributed by atoms with E-state index in [1.54, 1.807) is 0 Å². The Kier molecular flexibility index (Phi) is 4.39. The van der Waals surface area contributed by atoms with Crippen molar-refractivity contribution in [3.05, 3.63) is 0 Å². The average Bonchev–Trinajstić information content (AvgIpc) is 2.65. The van der Waals surface area contributed by atoms with Crippen LogP contribution in [0.25, 0.3) is 0 Å². The summed E-state index contributed by atoms with van der Waals surface area (Å²) < 4.78 is 193. The lowest BCUT2D eigenvalue weighted by Gasteiger charge is -2.71. The molecular formula is C15H11F13O3. The lowest BCUT2D eigenvalue weighted by Crippen LogP contribution is -3.07. The fourth-order valence-electron chi connectivity index (χ4n) is 4.42. The number of aliphatic hydroxyl groups is 1. The van der Waals surface area contributed by atoms with Crippen LogP contribution in [0, 0.1) is 0 Å². The van der Waals surface area contributed by atoms with Crippen LogP contribution in [0.5, 0.6) is 0 Å². The van der Waals surface area contributed by atoms with E-state index in [1.807, 2.05) is 0 Å². The smallest absolute Gasteiger partial charge is 0.340 e. The van der Waals surface area contributed by atoms with Crippen LogP contribution in [-0.2, 0) is 9.53 Å². The molecule has 0 spiro atoms. The van der Waals surface area contributed by atoms with Crippen molar-refractivity contribution in [2.75, 3.05) is 6.61 Å². The highest BCUT2D eigenvalue weighted by Gasteiger charge is 3.20. The summed E-state index contributed by atoms with van der Waals surface area (Å²) in [7, 11) is 0. The first-order valence-electron chi connectivity index (χ1n) is 8.44. The van der Waals surface area contributed by atoms with E-state index in [-0.39, 0.29) is 6.42 Å². The molecule has 6 unspecified atom stereocenters. The van der Waals surface area contributed by atoms with Crippen molar-refractivity contribution in [2.45, 2.75) is 78.1 Å². The number of carbonyl (C=O) groups is 1. The van der Waals surface area contributed by atoms with Crippen LogP contribution in [0.1, 0.15) is 19.8 Å². The monoisotopic (exact) mass is 486 g/mol. The zero-order valence-corrected chi connectivity index (χ0v) is 14.9. The highest BCUT2D eigenvalue weighted by Crippen LogP contribution is 2.84. The Balaban J connectivity index is 2.44. The molecule has 4 rings (SSSR count). The Bertz CT molecular complexity index is 833. The topological polar surface area (TPSA) is 46.5 Å². The normalized spacial score (nSPS) is 49.3. The van der Waals surface area contributed by atoms with Crippen molar-refractivity contribution >= 4 is 5.78 Å². The molecule has 4 bridgehead atoms. The molecule has 4 aliphatic rings. The summed E-state index contributed by atoms with van der Waals surface area (Å²) in [6, 6.07) is 0. The summed E-state index contributed by atoms with van der Waals surface area (Å²) in [6.07, 6.45) is -2.72. The van der Waals surface area contributed by atoms with Crippen LogP contribution in [0.15, 0.2) is 0 Å². The van der Waals surface area contributed by atoms with Gasteiger partial charge in [0.15, 0.2) is 0 Å². The SMILES string of the molecule is CCCC(O)COC1(F)C2(F)C(=O)C3(F)C(F)(F)C(F)(C2(F)F)C(F)(F)C1(F)C3(F)F. The predicted octanol–water partition coefficient (Wildman–Crippen LogP) is 3.81. The average molecular weight is 486 g/mol. The number of ketones is 1. The Morgan fingerprint density at radius 2 is 1.16 bits per heavy atom. The van der Waals surface area contributed by atoms with Gasteiger partial charge in [0.25, 0.3) is 5.67 Å². The summed E-state index contributed by atoms with van der Waals surface area (Å²) in [5, 5.41) is 9.37. The largest absolute Gasteiger partial charge is 0.391 e. The number of hydrogen-bond acceptors (Lipinski definition) is 3. The number of rotatable bonds is 5. The maximum atomic E-state index is 15.3. The minimum atomic E-state index is -7.56. The Labute approximate surface area is 163 Å². The maximum Gasteiger partial charge on any atom is 0.340 e. The summed E-state index contributed by atoms with van der Waals surface area (Å²) >= 11 is 0. The molecule has 0 radical (unpaired) electrons. The van der Waals surface area contributed by atoms with Gasteiger partial charge in [-0.05, 0) is 6.42 Å². The van der Waals surface area contributed by atoms with E-state index in [2.05, 4.69) is 4.74 Å². The fraction of sp³-hybridized carbons (Fsp3) is 0.933. The minimum absolute atomic E-state index is 0.0554. The molecule has 0 heterocycles. The number of ether oxygens (including phenoxy) is 1. The number of hydrogen-bond donors (Lipinski definition) is 1. The van der Waals surface area contributed by atoms with Crippen LogP contribution >= 0.6 is 0 Å². The van der Waals surface area contributed by atoms with Gasteiger partial charge in [-0.2, -0.15) is 35.1 Å². The van der Waals surface area contributed by atoms with E-state index in [0.29, 0.717) is 0 Å². The fourth-order valence-corrected chi connectivity index (χ4v) is 4.42. The second kappa shape index (κ2) is 5.59. The van der Waals surface area contributed by atoms with Crippen molar-refractivity contribution in [1.82, 2.24) is 0 Å². The molecule has 4 aliphatic carbocycles. The first-order valence-corrected chi connectivity index (χ1v) is 8.44. The summed E-state index contributed by atoms with van der Waals surface area (Å²) in [5.74, 6) is -40.7. The van der Waals surface area contributed by atoms with E-state index in [1.165, 1.54) is 6.92 Å². The second-order valence-electron chi connectivity index (χ2n) is 7.61. The van der Waals surface area contributed by atoms with Crippen molar-refractivity contribution in [1.29, 1.82) is 0 Å². The van der Waals surface area contributed by atoms with Gasteiger partial charge < -0.3 is 9.84 Å². The molecule has 0 aromatic heterocycles. The number of halogens is 13. The van der Waals surface area contributed by atoms with Crippen molar-refractivity contribution in [3.63, 3.8) is 0 Å². The zero-order valence-electron chi connectivity index (χ0n) is 14.9. The Morgan fingerprint density at radius 3 is 1.61 bits per heavy atom. The van der Waals surface area contributed by atoms with Crippen LogP contribution in [0.3, 0.4) is 0 Å². The standard InChI is InChI=1S/C15H11F13O3/c1-2-3-5(29)4-31-15(28)8(17)6(30)7(16)11(20,21)9(18,13(8,24)25)14(26,27)10(15,19)12(7,22)23/h5,29H,2-4H2,1H3. The van der Waals surface area contributed by atoms with Gasteiger partial charge in [0.05, 0.1) is 12.7 Å². The van der Waals surface area contributed by atoms with E-state index in [9.17, 15) is 53.8 Å². The van der Waals surface area contributed by atoms with Gasteiger partial charge in [0, 0.05) is 0 Å². The first kappa shape index (κ1) is 24.3. The highest BCUT2D eigenvalue weighted by atomic mass is 19.3. The van der Waals surface area contributed by atoms with Gasteiger partial charge in [-0.15, -0.1) is 0 Å². The molecule has 16 heteroatoms. The van der Waals surface area contributed by atoms with Crippen LogP contribution < -0.4 is 0 Å². The number of carbonyl (C=O) groups excluding carboxylic acids is 1. The molecule has 4 fully saturated rings. The van der Waals surface area contributed by atoms with Crippen LogP contribution in [-0.4, -0.2) is 75.8 Å².